The van der Waals surface area contributed by atoms with E-state index in [9.17, 15) is 40.7 Å². The molecule has 3 N–H and O–H groups in total. The quantitative estimate of drug-likeness (QED) is 0.376. The summed E-state index contributed by atoms with van der Waals surface area (Å²) in [5.41, 5.74) is -1.47. The lowest BCUT2D eigenvalue weighted by atomic mass is 9.89. The molecule has 200 valence electrons. The third-order valence-electron chi connectivity index (χ3n) is 5.72. The van der Waals surface area contributed by atoms with Crippen LogP contribution in [0, 0.1) is 11.2 Å². The fraction of sp³-hybridized carbons (Fsp3) is 0.375. The first-order valence-electron chi connectivity index (χ1n) is 11.0. The lowest BCUT2D eigenvalue weighted by molar-refractivity contribution is -0.278. The van der Waals surface area contributed by atoms with Crippen LogP contribution >= 0.6 is 0 Å². The SMILES string of the molecule is CC(C)(C(=O)NCC(F)(F)C(F)(F)F)C(=O)NC1C(=O)Nc2cc(F)ccc2O[C@@H]1Cc1ccccc1. The zero-order chi connectivity index (χ0) is 27.6. The van der Waals surface area contributed by atoms with Crippen LogP contribution in [0.25, 0.3) is 0 Å². The summed E-state index contributed by atoms with van der Waals surface area (Å²) in [6.45, 7) is -0.0824. The second-order valence-corrected chi connectivity index (χ2v) is 8.94. The molecule has 13 heteroatoms. The molecule has 0 aromatic heterocycles. The van der Waals surface area contributed by atoms with Crippen LogP contribution in [0.15, 0.2) is 48.5 Å². The number of ether oxygens (including phenoxy) is 1. The fourth-order valence-corrected chi connectivity index (χ4v) is 3.41. The molecule has 0 aliphatic carbocycles. The molecule has 0 bridgehead atoms. The molecule has 3 rings (SSSR count). The standard InChI is InChI=1S/C24H23F6N3O4/c1-22(2,20(35)31-12-23(26,27)24(28,29)30)21(36)33-18-17(10-13-6-4-3-5-7-13)37-16-9-8-14(25)11-15(16)32-19(18)34/h3-9,11,17-18H,10,12H2,1-2H3,(H,31,35)(H,32,34)(H,33,36)/t17-,18?/m1/s1. The van der Waals surface area contributed by atoms with E-state index < -0.39 is 59.7 Å². The Morgan fingerprint density at radius 2 is 1.65 bits per heavy atom. The van der Waals surface area contributed by atoms with E-state index in [2.05, 4.69) is 10.6 Å². The third-order valence-corrected chi connectivity index (χ3v) is 5.72. The van der Waals surface area contributed by atoms with Crippen LogP contribution in [0.1, 0.15) is 19.4 Å². The predicted octanol–water partition coefficient (Wildman–Crippen LogP) is 3.59. The van der Waals surface area contributed by atoms with E-state index in [1.54, 1.807) is 30.3 Å². The Bertz CT molecular complexity index is 1170. The molecule has 3 amide bonds. The number of hydrogen-bond donors (Lipinski definition) is 3. The van der Waals surface area contributed by atoms with Gasteiger partial charge in [-0.25, -0.2) is 4.39 Å². The minimum Gasteiger partial charge on any atom is -0.485 e. The van der Waals surface area contributed by atoms with Gasteiger partial charge in [-0.2, -0.15) is 22.0 Å². The topological polar surface area (TPSA) is 96.5 Å². The minimum atomic E-state index is -5.90. The van der Waals surface area contributed by atoms with Crippen LogP contribution in [-0.4, -0.2) is 48.5 Å². The number of hydrogen-bond acceptors (Lipinski definition) is 4. The van der Waals surface area contributed by atoms with Crippen molar-refractivity contribution in [2.45, 2.75) is 44.5 Å². The van der Waals surface area contributed by atoms with Gasteiger partial charge in [0.1, 0.15) is 29.1 Å². The highest BCUT2D eigenvalue weighted by Gasteiger charge is 2.57. The molecule has 1 aliphatic heterocycles. The Morgan fingerprint density at radius 1 is 1.00 bits per heavy atom. The van der Waals surface area contributed by atoms with Gasteiger partial charge >= 0.3 is 12.1 Å². The van der Waals surface area contributed by atoms with Gasteiger partial charge in [0.25, 0.3) is 5.91 Å². The summed E-state index contributed by atoms with van der Waals surface area (Å²) in [7, 11) is 0. The van der Waals surface area contributed by atoms with Gasteiger partial charge in [-0.3, -0.25) is 14.4 Å². The second kappa shape index (κ2) is 10.3. The number of amides is 3. The number of nitrogens with one attached hydrogen (secondary N) is 3. The summed E-state index contributed by atoms with van der Waals surface area (Å²) >= 11 is 0. The monoisotopic (exact) mass is 531 g/mol. The van der Waals surface area contributed by atoms with Crippen LogP contribution in [0.4, 0.5) is 32.0 Å². The van der Waals surface area contributed by atoms with Gasteiger partial charge in [0.15, 0.2) is 0 Å². The molecule has 2 aromatic rings. The normalized spacial score (nSPS) is 18.1. The summed E-state index contributed by atoms with van der Waals surface area (Å²) in [6.07, 6.45) is -6.88. The van der Waals surface area contributed by atoms with Crippen molar-refractivity contribution >= 4 is 23.4 Å². The van der Waals surface area contributed by atoms with E-state index >= 15 is 0 Å². The summed E-state index contributed by atoms with van der Waals surface area (Å²) in [5, 5.41) is 6.21. The number of anilines is 1. The van der Waals surface area contributed by atoms with Crippen LogP contribution in [0.3, 0.4) is 0 Å². The maximum atomic E-state index is 13.7. The highest BCUT2D eigenvalue weighted by atomic mass is 19.4. The van der Waals surface area contributed by atoms with Crippen molar-refractivity contribution in [2.24, 2.45) is 5.41 Å². The Balaban J connectivity index is 1.83. The highest BCUT2D eigenvalue weighted by Crippen LogP contribution is 2.35. The highest BCUT2D eigenvalue weighted by molar-refractivity contribution is 6.07. The van der Waals surface area contributed by atoms with E-state index in [-0.39, 0.29) is 17.9 Å². The molecule has 7 nitrogen and oxygen atoms in total. The average Bonchev–Trinajstić information content (AvgIpc) is 2.93. The summed E-state index contributed by atoms with van der Waals surface area (Å²) in [5.74, 6) is -9.16. The van der Waals surface area contributed by atoms with Gasteiger partial charge in [0.2, 0.25) is 11.8 Å². The zero-order valence-electron chi connectivity index (χ0n) is 19.6. The molecule has 1 aliphatic rings. The maximum Gasteiger partial charge on any atom is 0.455 e. The second-order valence-electron chi connectivity index (χ2n) is 8.94. The summed E-state index contributed by atoms with van der Waals surface area (Å²) < 4.78 is 83.4. The molecule has 0 spiro atoms. The number of fused-ring (bicyclic) bond motifs is 1. The molecule has 0 saturated heterocycles. The van der Waals surface area contributed by atoms with Crippen molar-refractivity contribution < 1.29 is 45.5 Å². The number of carbonyl (C=O) groups excluding carboxylic acids is 3. The maximum absolute atomic E-state index is 13.7. The smallest absolute Gasteiger partial charge is 0.455 e. The van der Waals surface area contributed by atoms with Crippen LogP contribution in [0.5, 0.6) is 5.75 Å². The van der Waals surface area contributed by atoms with Crippen molar-refractivity contribution in [3.05, 3.63) is 59.9 Å². The van der Waals surface area contributed by atoms with E-state index in [1.807, 2.05) is 0 Å². The van der Waals surface area contributed by atoms with E-state index in [0.717, 1.165) is 26.0 Å². The zero-order valence-corrected chi connectivity index (χ0v) is 19.6. The van der Waals surface area contributed by atoms with Gasteiger partial charge in [0.05, 0.1) is 12.2 Å². The molecular weight excluding hydrogens is 508 g/mol. The Labute approximate surface area is 207 Å². The lowest BCUT2D eigenvalue weighted by Crippen LogP contribution is -2.58. The van der Waals surface area contributed by atoms with Crippen molar-refractivity contribution in [3.63, 3.8) is 0 Å². The number of halogens is 6. The van der Waals surface area contributed by atoms with Gasteiger partial charge in [0, 0.05) is 12.5 Å². The van der Waals surface area contributed by atoms with Gasteiger partial charge in [-0.1, -0.05) is 30.3 Å². The fourth-order valence-electron chi connectivity index (χ4n) is 3.41. The number of alkyl halides is 5. The molecule has 0 saturated carbocycles. The predicted molar refractivity (Wildman–Crippen MR) is 119 cm³/mol. The summed E-state index contributed by atoms with van der Waals surface area (Å²) in [6, 6.07) is 10.6. The molecule has 37 heavy (non-hydrogen) atoms. The van der Waals surface area contributed by atoms with Crippen molar-refractivity contribution in [1.82, 2.24) is 10.6 Å². The van der Waals surface area contributed by atoms with E-state index in [4.69, 9.17) is 4.74 Å². The van der Waals surface area contributed by atoms with Crippen molar-refractivity contribution in [3.8, 4) is 5.75 Å². The van der Waals surface area contributed by atoms with E-state index in [1.165, 1.54) is 11.4 Å². The molecular formula is C24H23F6N3O4. The molecule has 1 unspecified atom stereocenters. The van der Waals surface area contributed by atoms with Crippen molar-refractivity contribution in [1.29, 1.82) is 0 Å². The lowest BCUT2D eigenvalue weighted by Gasteiger charge is -2.30. The van der Waals surface area contributed by atoms with Crippen LogP contribution in [-0.2, 0) is 20.8 Å². The Morgan fingerprint density at radius 3 is 2.27 bits per heavy atom. The molecule has 0 radical (unpaired) electrons. The first-order valence-corrected chi connectivity index (χ1v) is 11.0. The van der Waals surface area contributed by atoms with E-state index in [0.29, 0.717) is 5.56 Å². The van der Waals surface area contributed by atoms with Crippen LogP contribution < -0.4 is 20.7 Å². The molecule has 1 heterocycles. The van der Waals surface area contributed by atoms with Crippen molar-refractivity contribution in [2.75, 3.05) is 11.9 Å². The Kier molecular flexibility index (Phi) is 7.75. The number of benzene rings is 2. The molecule has 0 fully saturated rings. The average molecular weight is 531 g/mol. The number of rotatable bonds is 7. The summed E-state index contributed by atoms with van der Waals surface area (Å²) in [4.78, 5) is 38.5. The van der Waals surface area contributed by atoms with Gasteiger partial charge in [-0.05, 0) is 31.5 Å². The van der Waals surface area contributed by atoms with Gasteiger partial charge < -0.3 is 20.7 Å². The Hall–Kier alpha value is -3.77. The minimum absolute atomic E-state index is 0.00815. The largest absolute Gasteiger partial charge is 0.485 e. The first-order chi connectivity index (χ1) is 17.1. The third kappa shape index (κ3) is 6.33. The van der Waals surface area contributed by atoms with Gasteiger partial charge in [-0.15, -0.1) is 0 Å². The molecule has 2 aromatic carbocycles. The van der Waals surface area contributed by atoms with Crippen LogP contribution in [0.2, 0.25) is 0 Å². The molecule has 2 atom stereocenters. The first kappa shape index (κ1) is 27.8. The number of carbonyl (C=O) groups is 3.